The van der Waals surface area contributed by atoms with Crippen molar-refractivity contribution in [2.24, 2.45) is 0 Å². The summed E-state index contributed by atoms with van der Waals surface area (Å²) in [4.78, 5) is 11.5. The van der Waals surface area contributed by atoms with E-state index in [-0.39, 0.29) is 11.9 Å². The molecule has 1 unspecified atom stereocenters. The van der Waals surface area contributed by atoms with Crippen LogP contribution in [0, 0.1) is 0 Å². The van der Waals surface area contributed by atoms with Gasteiger partial charge in [0.15, 0.2) is 0 Å². The molecule has 0 saturated heterocycles. The Kier molecular flexibility index (Phi) is 7.21. The van der Waals surface area contributed by atoms with Crippen LogP contribution in [-0.2, 0) is 11.3 Å². The van der Waals surface area contributed by atoms with Crippen LogP contribution in [0.3, 0.4) is 0 Å². The Labute approximate surface area is 124 Å². The third kappa shape index (κ3) is 6.28. The van der Waals surface area contributed by atoms with Crippen molar-refractivity contribution in [1.29, 1.82) is 0 Å². The smallest absolute Gasteiger partial charge is 0.221 e. The van der Waals surface area contributed by atoms with Gasteiger partial charge in [0, 0.05) is 35.6 Å². The minimum absolute atomic E-state index is 0.0732. The number of nitrogens with one attached hydrogen (secondary N) is 2. The lowest BCUT2D eigenvalue weighted by Gasteiger charge is -2.11. The molecule has 5 heteroatoms. The van der Waals surface area contributed by atoms with E-state index in [0.717, 1.165) is 12.0 Å². The summed E-state index contributed by atoms with van der Waals surface area (Å²) in [6.45, 7) is 5.30. The Morgan fingerprint density at radius 1 is 1.37 bits per heavy atom. The topological polar surface area (TPSA) is 41.1 Å². The summed E-state index contributed by atoms with van der Waals surface area (Å²) >= 11 is 11.9. The van der Waals surface area contributed by atoms with Crippen molar-refractivity contribution >= 4 is 29.1 Å². The second kappa shape index (κ2) is 8.41. The number of rotatable bonds is 7. The van der Waals surface area contributed by atoms with E-state index in [2.05, 4.69) is 10.6 Å². The van der Waals surface area contributed by atoms with Crippen molar-refractivity contribution < 1.29 is 4.79 Å². The maximum absolute atomic E-state index is 11.5. The van der Waals surface area contributed by atoms with E-state index in [0.29, 0.717) is 29.6 Å². The molecule has 0 radical (unpaired) electrons. The average Bonchev–Trinajstić information content (AvgIpc) is 2.36. The molecule has 1 amide bonds. The summed E-state index contributed by atoms with van der Waals surface area (Å²) < 4.78 is 0. The Morgan fingerprint density at radius 2 is 2.11 bits per heavy atom. The van der Waals surface area contributed by atoms with E-state index in [9.17, 15) is 4.79 Å². The maximum atomic E-state index is 11.5. The molecule has 1 aromatic carbocycles. The minimum Gasteiger partial charge on any atom is -0.354 e. The van der Waals surface area contributed by atoms with E-state index >= 15 is 0 Å². The van der Waals surface area contributed by atoms with Crippen LogP contribution in [0.25, 0.3) is 0 Å². The van der Waals surface area contributed by atoms with E-state index in [1.54, 1.807) is 12.1 Å². The molecule has 0 aromatic heterocycles. The first-order chi connectivity index (χ1) is 9.02. The highest BCUT2D eigenvalue weighted by Gasteiger charge is 2.05. The molecule has 0 spiro atoms. The SMILES string of the molecule is CCC(C)NC(=O)CCNCc1ccc(Cl)cc1Cl. The number of hydrogen-bond acceptors (Lipinski definition) is 2. The van der Waals surface area contributed by atoms with Crippen LogP contribution in [-0.4, -0.2) is 18.5 Å². The quantitative estimate of drug-likeness (QED) is 0.758. The van der Waals surface area contributed by atoms with Crippen molar-refractivity contribution in [2.75, 3.05) is 6.54 Å². The van der Waals surface area contributed by atoms with Crippen LogP contribution >= 0.6 is 23.2 Å². The first-order valence-electron chi connectivity index (χ1n) is 6.47. The lowest BCUT2D eigenvalue weighted by molar-refractivity contribution is -0.121. The predicted molar refractivity (Wildman–Crippen MR) is 80.7 cm³/mol. The number of benzene rings is 1. The van der Waals surface area contributed by atoms with Crippen LogP contribution in [0.2, 0.25) is 10.0 Å². The molecular formula is C14H20Cl2N2O. The molecule has 1 rings (SSSR count). The molecule has 106 valence electrons. The highest BCUT2D eigenvalue weighted by atomic mass is 35.5. The van der Waals surface area contributed by atoms with Crippen molar-refractivity contribution in [3.05, 3.63) is 33.8 Å². The Hall–Kier alpha value is -0.770. The second-order valence-electron chi connectivity index (χ2n) is 4.54. The number of carbonyl (C=O) groups is 1. The van der Waals surface area contributed by atoms with E-state index in [1.165, 1.54) is 0 Å². The van der Waals surface area contributed by atoms with Gasteiger partial charge in [-0.3, -0.25) is 4.79 Å². The predicted octanol–water partition coefficient (Wildman–Crippen LogP) is 3.39. The second-order valence-corrected chi connectivity index (χ2v) is 5.38. The first-order valence-corrected chi connectivity index (χ1v) is 7.22. The molecule has 2 N–H and O–H groups in total. The zero-order valence-electron chi connectivity index (χ0n) is 11.3. The summed E-state index contributed by atoms with van der Waals surface area (Å²) in [6.07, 6.45) is 1.41. The molecule has 3 nitrogen and oxygen atoms in total. The molecule has 0 saturated carbocycles. The molecule has 0 aliphatic heterocycles. The van der Waals surface area contributed by atoms with Gasteiger partial charge in [0.05, 0.1) is 0 Å². The van der Waals surface area contributed by atoms with E-state index < -0.39 is 0 Å². The van der Waals surface area contributed by atoms with Gasteiger partial charge >= 0.3 is 0 Å². The average molecular weight is 303 g/mol. The van der Waals surface area contributed by atoms with Gasteiger partial charge < -0.3 is 10.6 Å². The molecule has 19 heavy (non-hydrogen) atoms. The molecular weight excluding hydrogens is 283 g/mol. The van der Waals surface area contributed by atoms with Crippen LogP contribution in [0.5, 0.6) is 0 Å². The normalized spacial score (nSPS) is 12.2. The summed E-state index contributed by atoms with van der Waals surface area (Å²) in [5.74, 6) is 0.0732. The van der Waals surface area contributed by atoms with Crippen molar-refractivity contribution in [3.63, 3.8) is 0 Å². The van der Waals surface area contributed by atoms with Crippen molar-refractivity contribution in [2.45, 2.75) is 39.3 Å². The summed E-state index contributed by atoms with van der Waals surface area (Å²) in [5, 5.41) is 7.39. The third-order valence-electron chi connectivity index (χ3n) is 2.88. The van der Waals surface area contributed by atoms with Gasteiger partial charge in [-0.25, -0.2) is 0 Å². The Balaban J connectivity index is 2.25. The monoisotopic (exact) mass is 302 g/mol. The van der Waals surface area contributed by atoms with Crippen LogP contribution in [0.4, 0.5) is 0 Å². The summed E-state index contributed by atoms with van der Waals surface area (Å²) in [5.41, 5.74) is 0.980. The molecule has 1 aromatic rings. The molecule has 0 fully saturated rings. The fourth-order valence-corrected chi connectivity index (χ4v) is 2.01. The number of carbonyl (C=O) groups excluding carboxylic acids is 1. The van der Waals surface area contributed by atoms with Crippen molar-refractivity contribution in [3.8, 4) is 0 Å². The lowest BCUT2D eigenvalue weighted by atomic mass is 10.2. The number of halogens is 2. The largest absolute Gasteiger partial charge is 0.354 e. The van der Waals surface area contributed by atoms with Crippen LogP contribution in [0.15, 0.2) is 18.2 Å². The lowest BCUT2D eigenvalue weighted by Crippen LogP contribution is -2.33. The first kappa shape index (κ1) is 16.3. The van der Waals surface area contributed by atoms with Gasteiger partial charge in [-0.05, 0) is 31.0 Å². The molecule has 0 aliphatic carbocycles. The number of amides is 1. The van der Waals surface area contributed by atoms with Gasteiger partial charge in [-0.1, -0.05) is 36.2 Å². The maximum Gasteiger partial charge on any atom is 0.221 e. The molecule has 0 bridgehead atoms. The highest BCUT2D eigenvalue weighted by molar-refractivity contribution is 6.35. The Bertz CT molecular complexity index is 424. The molecule has 0 heterocycles. The van der Waals surface area contributed by atoms with E-state index in [1.807, 2.05) is 19.9 Å². The zero-order chi connectivity index (χ0) is 14.3. The summed E-state index contributed by atoms with van der Waals surface area (Å²) in [7, 11) is 0. The van der Waals surface area contributed by atoms with Gasteiger partial charge in [0.25, 0.3) is 0 Å². The van der Waals surface area contributed by atoms with Gasteiger partial charge in [0.2, 0.25) is 5.91 Å². The number of hydrogen-bond donors (Lipinski definition) is 2. The molecule has 1 atom stereocenters. The van der Waals surface area contributed by atoms with Gasteiger partial charge in [0.1, 0.15) is 0 Å². The fourth-order valence-electron chi connectivity index (χ4n) is 1.54. The van der Waals surface area contributed by atoms with Crippen LogP contribution in [0.1, 0.15) is 32.3 Å². The van der Waals surface area contributed by atoms with Gasteiger partial charge in [-0.2, -0.15) is 0 Å². The Morgan fingerprint density at radius 3 is 2.74 bits per heavy atom. The fraction of sp³-hybridized carbons (Fsp3) is 0.500. The summed E-state index contributed by atoms with van der Waals surface area (Å²) in [6, 6.07) is 5.64. The van der Waals surface area contributed by atoms with E-state index in [4.69, 9.17) is 23.2 Å². The minimum atomic E-state index is 0.0732. The van der Waals surface area contributed by atoms with Gasteiger partial charge in [-0.15, -0.1) is 0 Å². The van der Waals surface area contributed by atoms with Crippen molar-refractivity contribution in [1.82, 2.24) is 10.6 Å². The highest BCUT2D eigenvalue weighted by Crippen LogP contribution is 2.20. The van der Waals surface area contributed by atoms with Crippen LogP contribution < -0.4 is 10.6 Å². The standard InChI is InChI=1S/C14H20Cl2N2O/c1-3-10(2)18-14(19)6-7-17-9-11-4-5-12(15)8-13(11)16/h4-5,8,10,17H,3,6-7,9H2,1-2H3,(H,18,19). The third-order valence-corrected chi connectivity index (χ3v) is 3.47. The zero-order valence-corrected chi connectivity index (χ0v) is 12.8. The molecule has 0 aliphatic rings.